The van der Waals surface area contributed by atoms with Crippen LogP contribution in [0.5, 0.6) is 0 Å². The monoisotopic (exact) mass is 274 g/mol. The molecule has 0 unspecified atom stereocenters. The predicted molar refractivity (Wildman–Crippen MR) is 68.0 cm³/mol. The van der Waals surface area contributed by atoms with E-state index in [-0.39, 0.29) is 0 Å². The number of rotatable bonds is 6. The van der Waals surface area contributed by atoms with Crippen LogP contribution in [0.4, 0.5) is 5.69 Å². The lowest BCUT2D eigenvalue weighted by Crippen LogP contribution is -2.02. The maximum Gasteiger partial charge on any atom is 0.0538 e. The van der Waals surface area contributed by atoms with Crippen LogP contribution in [0.3, 0.4) is 0 Å². The van der Waals surface area contributed by atoms with Crippen molar-refractivity contribution < 1.29 is 0 Å². The minimum atomic E-state index is 1.02. The Morgan fingerprint density at radius 3 is 3.00 bits per heavy atom. The van der Waals surface area contributed by atoms with Gasteiger partial charge in [0.25, 0.3) is 0 Å². The van der Waals surface area contributed by atoms with Crippen LogP contribution < -0.4 is 5.32 Å². The number of thioether (sulfide) groups is 1. The second kappa shape index (κ2) is 7.12. The molecule has 0 aliphatic heterocycles. The summed E-state index contributed by atoms with van der Waals surface area (Å²) in [5, 5.41) is 3.34. The molecule has 2 nitrogen and oxygen atoms in total. The highest BCUT2D eigenvalue weighted by Crippen LogP contribution is 2.13. The van der Waals surface area contributed by atoms with Crippen LogP contribution in [0, 0.1) is 0 Å². The fourth-order valence-corrected chi connectivity index (χ4v) is 1.97. The van der Waals surface area contributed by atoms with Crippen molar-refractivity contribution in [1.29, 1.82) is 0 Å². The summed E-state index contributed by atoms with van der Waals surface area (Å²) in [6.07, 6.45) is 8.27. The van der Waals surface area contributed by atoms with Gasteiger partial charge in [-0.15, -0.1) is 0 Å². The zero-order chi connectivity index (χ0) is 10.2. The molecular weight excluding hydrogens is 260 g/mol. The van der Waals surface area contributed by atoms with E-state index in [9.17, 15) is 0 Å². The summed E-state index contributed by atoms with van der Waals surface area (Å²) >= 11 is 5.29. The maximum absolute atomic E-state index is 4.09. The van der Waals surface area contributed by atoms with Crippen LogP contribution in [0.2, 0.25) is 0 Å². The first-order valence-electron chi connectivity index (χ1n) is 4.66. The predicted octanol–water partition coefficient (Wildman–Crippen LogP) is 3.40. The van der Waals surface area contributed by atoms with Crippen molar-refractivity contribution in [3.05, 3.63) is 22.9 Å². The molecule has 0 fully saturated rings. The average molecular weight is 275 g/mol. The highest BCUT2D eigenvalue weighted by atomic mass is 79.9. The number of pyridine rings is 1. The lowest BCUT2D eigenvalue weighted by atomic mass is 10.3. The van der Waals surface area contributed by atoms with Crippen molar-refractivity contribution in [3.63, 3.8) is 0 Å². The third kappa shape index (κ3) is 4.86. The summed E-state index contributed by atoms with van der Waals surface area (Å²) in [6.45, 7) is 1.03. The SMILES string of the molecule is CSCCCCNc1cncc(Br)c1. The summed E-state index contributed by atoms with van der Waals surface area (Å²) in [4.78, 5) is 4.09. The topological polar surface area (TPSA) is 24.9 Å². The molecule has 0 saturated carbocycles. The van der Waals surface area contributed by atoms with Crippen molar-refractivity contribution in [3.8, 4) is 0 Å². The molecule has 0 amide bonds. The molecule has 0 spiro atoms. The lowest BCUT2D eigenvalue weighted by molar-refractivity contribution is 0.843. The molecule has 14 heavy (non-hydrogen) atoms. The van der Waals surface area contributed by atoms with Gasteiger partial charge in [0.05, 0.1) is 11.9 Å². The number of hydrogen-bond acceptors (Lipinski definition) is 3. The van der Waals surface area contributed by atoms with Crippen LogP contribution >= 0.6 is 27.7 Å². The van der Waals surface area contributed by atoms with Crippen LogP contribution in [0.25, 0.3) is 0 Å². The third-order valence-corrected chi connectivity index (χ3v) is 2.94. The van der Waals surface area contributed by atoms with Gasteiger partial charge in [-0.05, 0) is 46.8 Å². The first-order valence-corrected chi connectivity index (χ1v) is 6.85. The quantitative estimate of drug-likeness (QED) is 0.805. The number of nitrogens with zero attached hydrogens (tertiary/aromatic N) is 1. The van der Waals surface area contributed by atoms with Crippen molar-refractivity contribution in [2.75, 3.05) is 23.9 Å². The molecule has 0 bridgehead atoms. The number of unbranched alkanes of at least 4 members (excludes halogenated alkanes) is 1. The molecule has 0 aliphatic rings. The average Bonchev–Trinajstić information content (AvgIpc) is 2.18. The first-order chi connectivity index (χ1) is 6.83. The van der Waals surface area contributed by atoms with Crippen LogP contribution in [-0.2, 0) is 0 Å². The molecule has 0 radical (unpaired) electrons. The summed E-state index contributed by atoms with van der Waals surface area (Å²) < 4.78 is 1.02. The third-order valence-electron chi connectivity index (χ3n) is 1.81. The van der Waals surface area contributed by atoms with Crippen molar-refractivity contribution in [1.82, 2.24) is 4.98 Å². The largest absolute Gasteiger partial charge is 0.384 e. The van der Waals surface area contributed by atoms with Gasteiger partial charge >= 0.3 is 0 Å². The van der Waals surface area contributed by atoms with Crippen LogP contribution in [0.15, 0.2) is 22.9 Å². The summed E-state index contributed by atoms with van der Waals surface area (Å²) in [5.41, 5.74) is 1.09. The Hall–Kier alpha value is -0.220. The Kier molecular flexibility index (Phi) is 6.03. The number of nitrogens with one attached hydrogen (secondary N) is 1. The Morgan fingerprint density at radius 2 is 2.29 bits per heavy atom. The zero-order valence-electron chi connectivity index (χ0n) is 8.29. The van der Waals surface area contributed by atoms with Gasteiger partial charge in [0.2, 0.25) is 0 Å². The van der Waals surface area contributed by atoms with Gasteiger partial charge in [-0.3, -0.25) is 4.98 Å². The molecule has 1 aromatic heterocycles. The van der Waals surface area contributed by atoms with E-state index in [1.165, 1.54) is 18.6 Å². The van der Waals surface area contributed by atoms with E-state index in [1.807, 2.05) is 24.0 Å². The fraction of sp³-hybridized carbons (Fsp3) is 0.500. The number of anilines is 1. The van der Waals surface area contributed by atoms with Gasteiger partial charge in [0.15, 0.2) is 0 Å². The van der Waals surface area contributed by atoms with E-state index in [0.717, 1.165) is 16.7 Å². The Morgan fingerprint density at radius 1 is 1.43 bits per heavy atom. The zero-order valence-corrected chi connectivity index (χ0v) is 10.7. The summed E-state index contributed by atoms with van der Waals surface area (Å²) in [7, 11) is 0. The Bertz CT molecular complexity index is 268. The molecule has 0 aliphatic carbocycles. The van der Waals surface area contributed by atoms with E-state index < -0.39 is 0 Å². The van der Waals surface area contributed by atoms with Crippen molar-refractivity contribution in [2.24, 2.45) is 0 Å². The second-order valence-corrected chi connectivity index (χ2v) is 4.92. The van der Waals surface area contributed by atoms with Gasteiger partial charge in [-0.25, -0.2) is 0 Å². The van der Waals surface area contributed by atoms with Gasteiger partial charge in [-0.1, -0.05) is 0 Å². The molecule has 1 rings (SSSR count). The number of halogens is 1. The fourth-order valence-electron chi connectivity index (χ4n) is 1.11. The summed E-state index contributed by atoms with van der Waals surface area (Å²) in [6, 6.07) is 2.04. The van der Waals surface area contributed by atoms with Gasteiger partial charge < -0.3 is 5.32 Å². The Balaban J connectivity index is 2.18. The lowest BCUT2D eigenvalue weighted by Gasteiger charge is -2.05. The van der Waals surface area contributed by atoms with Crippen LogP contribution in [0.1, 0.15) is 12.8 Å². The van der Waals surface area contributed by atoms with E-state index >= 15 is 0 Å². The molecule has 0 aromatic carbocycles. The van der Waals surface area contributed by atoms with Gasteiger partial charge in [0, 0.05) is 17.2 Å². The van der Waals surface area contributed by atoms with E-state index in [4.69, 9.17) is 0 Å². The molecule has 0 atom stereocenters. The van der Waals surface area contributed by atoms with E-state index in [1.54, 1.807) is 6.20 Å². The highest BCUT2D eigenvalue weighted by molar-refractivity contribution is 9.10. The highest BCUT2D eigenvalue weighted by Gasteiger charge is 1.93. The normalized spacial score (nSPS) is 10.1. The number of hydrogen-bond donors (Lipinski definition) is 1. The summed E-state index contributed by atoms with van der Waals surface area (Å²) in [5.74, 6) is 1.25. The van der Waals surface area contributed by atoms with E-state index in [2.05, 4.69) is 32.5 Å². The second-order valence-electron chi connectivity index (χ2n) is 3.02. The molecular formula is C10H15BrN2S. The maximum atomic E-state index is 4.09. The smallest absolute Gasteiger partial charge is 0.0538 e. The molecule has 1 heterocycles. The van der Waals surface area contributed by atoms with Gasteiger partial charge in [0.1, 0.15) is 0 Å². The molecule has 1 aromatic rings. The Labute approximate surface area is 98.0 Å². The van der Waals surface area contributed by atoms with Crippen LogP contribution in [-0.4, -0.2) is 23.5 Å². The van der Waals surface area contributed by atoms with E-state index in [0.29, 0.717) is 0 Å². The number of aromatic nitrogens is 1. The molecule has 4 heteroatoms. The first kappa shape index (κ1) is 11.9. The minimum Gasteiger partial charge on any atom is -0.384 e. The van der Waals surface area contributed by atoms with Crippen molar-refractivity contribution >= 4 is 33.4 Å². The van der Waals surface area contributed by atoms with Crippen molar-refractivity contribution in [2.45, 2.75) is 12.8 Å². The molecule has 0 saturated heterocycles. The minimum absolute atomic E-state index is 1.02. The standard InChI is InChI=1S/C10H15BrN2S/c1-14-5-3-2-4-13-10-6-9(11)7-12-8-10/h6-8,13H,2-5H2,1H3. The molecule has 78 valence electrons. The van der Waals surface area contributed by atoms with Gasteiger partial charge in [-0.2, -0.15) is 11.8 Å². The molecule has 1 N–H and O–H groups in total.